The molecule has 1 aromatic carbocycles. The molecular formula is C19H16N4O3. The Balaban J connectivity index is 1.58. The van der Waals surface area contributed by atoms with Crippen molar-refractivity contribution in [1.29, 1.82) is 0 Å². The molecule has 0 saturated heterocycles. The SMILES string of the molecule is Cc1nn2cccnc2c1C(=O)OCC(=O)c1c(C)[nH]c2ccccc12. The number of Topliss-reactive ketones (excluding diaryl/α,β-unsaturated/α-hetero) is 1. The topological polar surface area (TPSA) is 89.3 Å². The number of fused-ring (bicyclic) bond motifs is 2. The van der Waals surface area contributed by atoms with Crippen LogP contribution in [0.25, 0.3) is 16.6 Å². The van der Waals surface area contributed by atoms with Crippen molar-refractivity contribution >= 4 is 28.3 Å². The summed E-state index contributed by atoms with van der Waals surface area (Å²) in [5.41, 5.74) is 3.36. The summed E-state index contributed by atoms with van der Waals surface area (Å²) in [6.45, 7) is 3.19. The number of ketones is 1. The van der Waals surface area contributed by atoms with Crippen LogP contribution in [0.4, 0.5) is 0 Å². The highest BCUT2D eigenvalue weighted by Crippen LogP contribution is 2.22. The summed E-state index contributed by atoms with van der Waals surface area (Å²) in [5.74, 6) is -0.863. The summed E-state index contributed by atoms with van der Waals surface area (Å²) < 4.78 is 6.78. The number of esters is 1. The van der Waals surface area contributed by atoms with E-state index in [0.29, 0.717) is 16.9 Å². The zero-order valence-corrected chi connectivity index (χ0v) is 14.3. The van der Waals surface area contributed by atoms with Gasteiger partial charge in [0, 0.05) is 34.6 Å². The maximum atomic E-state index is 12.6. The van der Waals surface area contributed by atoms with E-state index in [0.717, 1.165) is 16.6 Å². The van der Waals surface area contributed by atoms with Gasteiger partial charge in [-0.25, -0.2) is 14.3 Å². The molecule has 0 unspecified atom stereocenters. The number of aryl methyl sites for hydroxylation is 2. The number of H-pyrrole nitrogens is 1. The van der Waals surface area contributed by atoms with Crippen LogP contribution in [0.1, 0.15) is 32.1 Å². The fourth-order valence-electron chi connectivity index (χ4n) is 3.15. The average molecular weight is 348 g/mol. The van der Waals surface area contributed by atoms with Crippen LogP contribution in [0.3, 0.4) is 0 Å². The molecule has 0 spiro atoms. The van der Waals surface area contributed by atoms with Crippen molar-refractivity contribution in [1.82, 2.24) is 19.6 Å². The number of aromatic nitrogens is 4. The van der Waals surface area contributed by atoms with Crippen LogP contribution >= 0.6 is 0 Å². The van der Waals surface area contributed by atoms with E-state index in [1.165, 1.54) is 4.52 Å². The van der Waals surface area contributed by atoms with Gasteiger partial charge in [0.25, 0.3) is 0 Å². The second-order valence-corrected chi connectivity index (χ2v) is 6.02. The Hall–Kier alpha value is -3.48. The lowest BCUT2D eigenvalue weighted by Crippen LogP contribution is -2.15. The monoisotopic (exact) mass is 348 g/mol. The standard InChI is InChI=1S/C19H16N4O3/c1-11-16(13-6-3-4-7-14(13)21-11)15(24)10-26-19(25)17-12(2)22-23-9-5-8-20-18(17)23/h3-9,21H,10H2,1-2H3. The Kier molecular flexibility index (Phi) is 3.76. The molecular weight excluding hydrogens is 332 g/mol. The third-order valence-electron chi connectivity index (χ3n) is 4.28. The lowest BCUT2D eigenvalue weighted by molar-refractivity contribution is 0.0476. The first kappa shape index (κ1) is 16.0. The Morgan fingerprint density at radius 2 is 1.96 bits per heavy atom. The van der Waals surface area contributed by atoms with E-state index in [4.69, 9.17) is 4.74 Å². The zero-order valence-electron chi connectivity index (χ0n) is 14.3. The molecule has 0 aliphatic carbocycles. The second kappa shape index (κ2) is 6.11. The van der Waals surface area contributed by atoms with Gasteiger partial charge < -0.3 is 9.72 Å². The number of nitrogens with zero attached hydrogens (tertiary/aromatic N) is 3. The van der Waals surface area contributed by atoms with Crippen LogP contribution < -0.4 is 0 Å². The van der Waals surface area contributed by atoms with E-state index < -0.39 is 5.97 Å². The van der Waals surface area contributed by atoms with Crippen LogP contribution in [0, 0.1) is 13.8 Å². The predicted octanol–water partition coefficient (Wildman–Crippen LogP) is 2.87. The highest BCUT2D eigenvalue weighted by molar-refractivity contribution is 6.10. The first-order valence-electron chi connectivity index (χ1n) is 8.14. The normalized spacial score (nSPS) is 11.2. The molecule has 0 radical (unpaired) electrons. The number of hydrogen-bond acceptors (Lipinski definition) is 5. The van der Waals surface area contributed by atoms with Crippen molar-refractivity contribution in [2.24, 2.45) is 0 Å². The van der Waals surface area contributed by atoms with Gasteiger partial charge in [-0.15, -0.1) is 0 Å². The molecule has 3 aromatic heterocycles. The summed E-state index contributed by atoms with van der Waals surface area (Å²) in [5, 5.41) is 5.05. The van der Waals surface area contributed by atoms with Gasteiger partial charge in [-0.3, -0.25) is 4.79 Å². The van der Waals surface area contributed by atoms with Gasteiger partial charge >= 0.3 is 5.97 Å². The number of carbonyl (C=O) groups is 2. The molecule has 0 aliphatic heterocycles. The predicted molar refractivity (Wildman–Crippen MR) is 95.4 cm³/mol. The van der Waals surface area contributed by atoms with Crippen molar-refractivity contribution < 1.29 is 14.3 Å². The summed E-state index contributed by atoms with van der Waals surface area (Å²) >= 11 is 0. The van der Waals surface area contributed by atoms with Gasteiger partial charge in [0.15, 0.2) is 12.3 Å². The molecule has 3 heterocycles. The summed E-state index contributed by atoms with van der Waals surface area (Å²) in [7, 11) is 0. The van der Waals surface area contributed by atoms with Gasteiger partial charge in [-0.2, -0.15) is 5.10 Å². The van der Waals surface area contributed by atoms with Crippen molar-refractivity contribution in [3.05, 3.63) is 65.2 Å². The van der Waals surface area contributed by atoms with Gasteiger partial charge in [0.05, 0.1) is 5.69 Å². The van der Waals surface area contributed by atoms with Gasteiger partial charge in [0.2, 0.25) is 5.78 Å². The largest absolute Gasteiger partial charge is 0.454 e. The number of aromatic amines is 1. The molecule has 4 aromatic rings. The molecule has 7 nitrogen and oxygen atoms in total. The average Bonchev–Trinajstić information content (AvgIpc) is 3.14. The highest BCUT2D eigenvalue weighted by Gasteiger charge is 2.22. The van der Waals surface area contributed by atoms with Crippen LogP contribution in [-0.4, -0.2) is 37.9 Å². The Labute approximate surface area is 148 Å². The first-order chi connectivity index (χ1) is 12.6. The van der Waals surface area contributed by atoms with E-state index in [-0.39, 0.29) is 18.0 Å². The minimum atomic E-state index is -0.609. The van der Waals surface area contributed by atoms with Crippen molar-refractivity contribution in [2.75, 3.05) is 6.61 Å². The Morgan fingerprint density at radius 1 is 1.15 bits per heavy atom. The number of nitrogens with one attached hydrogen (secondary N) is 1. The molecule has 0 fully saturated rings. The molecule has 7 heteroatoms. The maximum Gasteiger partial charge on any atom is 0.344 e. The molecule has 0 amide bonds. The summed E-state index contributed by atoms with van der Waals surface area (Å²) in [6, 6.07) is 9.25. The smallest absolute Gasteiger partial charge is 0.344 e. The highest BCUT2D eigenvalue weighted by atomic mass is 16.5. The lowest BCUT2D eigenvalue weighted by Gasteiger charge is -2.04. The Morgan fingerprint density at radius 3 is 2.81 bits per heavy atom. The number of ether oxygens (including phenoxy) is 1. The fraction of sp³-hybridized carbons (Fsp3) is 0.158. The van der Waals surface area contributed by atoms with E-state index in [9.17, 15) is 9.59 Å². The molecule has 130 valence electrons. The number of rotatable bonds is 4. The van der Waals surface area contributed by atoms with E-state index in [1.807, 2.05) is 31.2 Å². The minimum absolute atomic E-state index is 0.254. The van der Waals surface area contributed by atoms with Crippen LogP contribution in [-0.2, 0) is 4.74 Å². The fourth-order valence-corrected chi connectivity index (χ4v) is 3.15. The number of para-hydroxylation sites is 1. The third-order valence-corrected chi connectivity index (χ3v) is 4.28. The van der Waals surface area contributed by atoms with Crippen molar-refractivity contribution in [3.63, 3.8) is 0 Å². The number of hydrogen-bond donors (Lipinski definition) is 1. The first-order valence-corrected chi connectivity index (χ1v) is 8.14. The summed E-state index contributed by atoms with van der Waals surface area (Å²) in [4.78, 5) is 32.5. The molecule has 26 heavy (non-hydrogen) atoms. The van der Waals surface area contributed by atoms with Crippen LogP contribution in [0.2, 0.25) is 0 Å². The van der Waals surface area contributed by atoms with Gasteiger partial charge in [-0.1, -0.05) is 18.2 Å². The maximum absolute atomic E-state index is 12.6. The second-order valence-electron chi connectivity index (χ2n) is 6.02. The minimum Gasteiger partial charge on any atom is -0.454 e. The molecule has 0 bridgehead atoms. The Bertz CT molecular complexity index is 1060. The number of carbonyl (C=O) groups excluding carboxylic acids is 2. The summed E-state index contributed by atoms with van der Waals surface area (Å²) in [6.07, 6.45) is 3.28. The van der Waals surface area contributed by atoms with E-state index in [2.05, 4.69) is 15.1 Å². The van der Waals surface area contributed by atoms with E-state index in [1.54, 1.807) is 25.4 Å². The zero-order chi connectivity index (χ0) is 18.3. The van der Waals surface area contributed by atoms with Crippen LogP contribution in [0.15, 0.2) is 42.7 Å². The quantitative estimate of drug-likeness (QED) is 0.452. The van der Waals surface area contributed by atoms with Gasteiger partial charge in [-0.05, 0) is 26.0 Å². The molecule has 4 rings (SSSR count). The number of benzene rings is 1. The third kappa shape index (κ3) is 2.54. The van der Waals surface area contributed by atoms with Crippen molar-refractivity contribution in [2.45, 2.75) is 13.8 Å². The van der Waals surface area contributed by atoms with Gasteiger partial charge in [0.1, 0.15) is 5.56 Å². The molecule has 0 atom stereocenters. The lowest BCUT2D eigenvalue weighted by atomic mass is 10.1. The van der Waals surface area contributed by atoms with Crippen molar-refractivity contribution in [3.8, 4) is 0 Å². The molecule has 0 aliphatic rings. The van der Waals surface area contributed by atoms with Crippen LogP contribution in [0.5, 0.6) is 0 Å². The van der Waals surface area contributed by atoms with E-state index >= 15 is 0 Å². The molecule has 1 N–H and O–H groups in total. The molecule has 0 saturated carbocycles.